The second-order valence-corrected chi connectivity index (χ2v) is 12.1. The van der Waals surface area contributed by atoms with E-state index >= 15 is 0 Å². The number of nitrogens with one attached hydrogen (secondary N) is 2. The lowest BCUT2D eigenvalue weighted by Crippen LogP contribution is -2.44. The molecule has 9 rings (SSSR count). The normalized spacial score (nSPS) is 16.3. The Kier molecular flexibility index (Phi) is 6.65. The van der Waals surface area contributed by atoms with E-state index in [1.165, 1.54) is 21.9 Å². The Morgan fingerprint density at radius 3 is 2.11 bits per heavy atom. The zero-order valence-electron chi connectivity index (χ0n) is 25.6. The number of benzene rings is 7. The second-order valence-electron chi connectivity index (χ2n) is 12.1. The van der Waals surface area contributed by atoms with Gasteiger partial charge in [0.05, 0.1) is 0 Å². The molecule has 0 spiro atoms. The molecule has 0 amide bonds. The Bertz CT molecular complexity index is 2420. The predicted octanol–water partition coefficient (Wildman–Crippen LogP) is 10.4. The first-order valence-corrected chi connectivity index (χ1v) is 16.0. The molecule has 0 saturated heterocycles. The maximum Gasteiger partial charge on any atom is 0.136 e. The van der Waals surface area contributed by atoms with Gasteiger partial charge in [0.25, 0.3) is 0 Å². The van der Waals surface area contributed by atoms with Gasteiger partial charge in [0.15, 0.2) is 0 Å². The van der Waals surface area contributed by atoms with E-state index in [1.807, 2.05) is 18.2 Å². The van der Waals surface area contributed by atoms with Gasteiger partial charge in [-0.25, -0.2) is 4.99 Å². The van der Waals surface area contributed by atoms with Crippen LogP contribution in [0.5, 0.6) is 0 Å². The molecule has 2 heterocycles. The van der Waals surface area contributed by atoms with Crippen LogP contribution in [0.3, 0.4) is 0 Å². The van der Waals surface area contributed by atoms with Gasteiger partial charge in [-0.2, -0.15) is 0 Å². The van der Waals surface area contributed by atoms with Crippen LogP contribution in [0.4, 0.5) is 0 Å². The zero-order chi connectivity index (χ0) is 31.2. The van der Waals surface area contributed by atoms with Gasteiger partial charge in [-0.1, -0.05) is 140 Å². The van der Waals surface area contributed by atoms with Crippen LogP contribution in [0, 0.1) is 0 Å². The number of furan rings is 1. The SMILES string of the molecule is c1ccc(-c2cccc(C3NC(c4ccc(-c5cccc6oc7ccccc7c56)cc4)=NC(c4ccc5ccccc5c4)N3)c2)cc1. The Morgan fingerprint density at radius 1 is 0.489 bits per heavy atom. The number of nitrogens with zero attached hydrogens (tertiary/aromatic N) is 1. The maximum atomic E-state index is 6.17. The van der Waals surface area contributed by atoms with Gasteiger partial charge in [-0.05, 0) is 68.4 Å². The molecule has 47 heavy (non-hydrogen) atoms. The van der Waals surface area contributed by atoms with Crippen LogP contribution in [0.25, 0.3) is 55.0 Å². The van der Waals surface area contributed by atoms with Gasteiger partial charge >= 0.3 is 0 Å². The van der Waals surface area contributed by atoms with Crippen LogP contribution in [0.1, 0.15) is 29.0 Å². The van der Waals surface area contributed by atoms with Crippen LogP contribution >= 0.6 is 0 Å². The summed E-state index contributed by atoms with van der Waals surface area (Å²) in [6.07, 6.45) is -0.375. The molecule has 8 aromatic rings. The number of fused-ring (bicyclic) bond motifs is 4. The van der Waals surface area contributed by atoms with Gasteiger partial charge < -0.3 is 9.73 Å². The van der Waals surface area contributed by atoms with Crippen molar-refractivity contribution in [3.63, 3.8) is 0 Å². The van der Waals surface area contributed by atoms with E-state index in [4.69, 9.17) is 9.41 Å². The monoisotopic (exact) mass is 605 g/mol. The molecule has 0 fully saturated rings. The standard InChI is InChI=1S/C43H31N3O/c1-2-10-28(11-3-1)33-14-8-15-34(26-33)42-44-41(45-43(46-42)35-25-20-29-12-4-5-13-32(29)27-35)31-23-21-30(22-24-31)36-17-9-19-39-40(36)37-16-6-7-18-38(37)47-39/h1-27,42-43,46H,(H,44,45). The van der Waals surface area contributed by atoms with Crippen molar-refractivity contribution in [2.75, 3.05) is 0 Å². The summed E-state index contributed by atoms with van der Waals surface area (Å²) >= 11 is 0. The molecule has 0 aliphatic carbocycles. The number of rotatable bonds is 5. The van der Waals surface area contributed by atoms with Crippen LogP contribution in [-0.2, 0) is 0 Å². The van der Waals surface area contributed by atoms with Crippen molar-refractivity contribution < 1.29 is 4.42 Å². The molecule has 2 unspecified atom stereocenters. The molecule has 1 aliphatic heterocycles. The van der Waals surface area contributed by atoms with E-state index in [0.717, 1.165) is 55.6 Å². The van der Waals surface area contributed by atoms with Crippen molar-refractivity contribution in [3.05, 3.63) is 180 Å². The topological polar surface area (TPSA) is 49.6 Å². The molecule has 7 aromatic carbocycles. The minimum absolute atomic E-state index is 0.145. The lowest BCUT2D eigenvalue weighted by molar-refractivity contribution is 0.409. The summed E-state index contributed by atoms with van der Waals surface area (Å²) in [7, 11) is 0. The first kappa shape index (κ1) is 27.3. The summed E-state index contributed by atoms with van der Waals surface area (Å²) in [6.45, 7) is 0. The molecule has 0 bridgehead atoms. The highest BCUT2D eigenvalue weighted by atomic mass is 16.3. The molecule has 4 heteroatoms. The van der Waals surface area contributed by atoms with Crippen LogP contribution in [0.2, 0.25) is 0 Å². The predicted molar refractivity (Wildman–Crippen MR) is 193 cm³/mol. The van der Waals surface area contributed by atoms with Gasteiger partial charge in [-0.3, -0.25) is 5.32 Å². The quantitative estimate of drug-likeness (QED) is 0.205. The summed E-state index contributed by atoms with van der Waals surface area (Å²) in [4.78, 5) is 5.25. The smallest absolute Gasteiger partial charge is 0.136 e. The summed E-state index contributed by atoms with van der Waals surface area (Å²) in [5.41, 5.74) is 9.79. The summed E-state index contributed by atoms with van der Waals surface area (Å²) in [5.74, 6) is 0.857. The van der Waals surface area contributed by atoms with Crippen molar-refractivity contribution in [1.82, 2.24) is 10.6 Å². The molecule has 1 aromatic heterocycles. The molecule has 1 aliphatic rings. The highest BCUT2D eigenvalue weighted by Crippen LogP contribution is 2.37. The molecule has 224 valence electrons. The maximum absolute atomic E-state index is 6.17. The Hall–Kier alpha value is -5.97. The van der Waals surface area contributed by atoms with Crippen molar-refractivity contribution in [1.29, 1.82) is 0 Å². The molecule has 2 atom stereocenters. The Balaban J connectivity index is 1.11. The summed E-state index contributed by atoms with van der Waals surface area (Å²) in [5, 5.41) is 12.2. The third kappa shape index (κ3) is 5.05. The average Bonchev–Trinajstić information content (AvgIpc) is 3.54. The van der Waals surface area contributed by atoms with E-state index in [-0.39, 0.29) is 12.3 Å². The van der Waals surface area contributed by atoms with Crippen LogP contribution in [0.15, 0.2) is 173 Å². The fourth-order valence-electron chi connectivity index (χ4n) is 6.78. The van der Waals surface area contributed by atoms with Gasteiger partial charge in [0.2, 0.25) is 0 Å². The van der Waals surface area contributed by atoms with Crippen LogP contribution < -0.4 is 10.6 Å². The molecule has 0 saturated carbocycles. The van der Waals surface area contributed by atoms with Crippen molar-refractivity contribution in [2.45, 2.75) is 12.3 Å². The van der Waals surface area contributed by atoms with Crippen molar-refractivity contribution >= 4 is 38.5 Å². The highest BCUT2D eigenvalue weighted by Gasteiger charge is 2.26. The van der Waals surface area contributed by atoms with Crippen molar-refractivity contribution in [2.24, 2.45) is 4.99 Å². The lowest BCUT2D eigenvalue weighted by Gasteiger charge is -2.32. The number of hydrogen-bond donors (Lipinski definition) is 2. The van der Waals surface area contributed by atoms with Gasteiger partial charge in [-0.15, -0.1) is 0 Å². The number of aliphatic imine (C=N–C) groups is 1. The Labute approximate surface area is 273 Å². The molecular weight excluding hydrogens is 574 g/mol. The number of amidine groups is 1. The van der Waals surface area contributed by atoms with E-state index in [1.54, 1.807) is 0 Å². The Morgan fingerprint density at radius 2 is 1.21 bits per heavy atom. The molecule has 0 radical (unpaired) electrons. The summed E-state index contributed by atoms with van der Waals surface area (Å²) < 4.78 is 6.17. The van der Waals surface area contributed by atoms with E-state index in [2.05, 4.69) is 156 Å². The largest absolute Gasteiger partial charge is 0.456 e. The number of para-hydroxylation sites is 1. The first-order valence-electron chi connectivity index (χ1n) is 16.0. The third-order valence-electron chi connectivity index (χ3n) is 9.15. The van der Waals surface area contributed by atoms with Crippen molar-refractivity contribution in [3.8, 4) is 22.3 Å². The number of hydrogen-bond acceptors (Lipinski definition) is 4. The van der Waals surface area contributed by atoms with E-state index < -0.39 is 0 Å². The third-order valence-corrected chi connectivity index (χ3v) is 9.15. The minimum Gasteiger partial charge on any atom is -0.456 e. The van der Waals surface area contributed by atoms with Gasteiger partial charge in [0, 0.05) is 16.3 Å². The minimum atomic E-state index is -0.230. The molecular formula is C43H31N3O. The lowest BCUT2D eigenvalue weighted by atomic mass is 9.98. The average molecular weight is 606 g/mol. The van der Waals surface area contributed by atoms with E-state index in [0.29, 0.717) is 0 Å². The molecule has 2 N–H and O–H groups in total. The molecule has 4 nitrogen and oxygen atoms in total. The highest BCUT2D eigenvalue weighted by molar-refractivity contribution is 6.12. The zero-order valence-corrected chi connectivity index (χ0v) is 25.6. The fraction of sp³-hybridized carbons (Fsp3) is 0.0465. The summed E-state index contributed by atoms with van der Waals surface area (Å²) in [6, 6.07) is 57.6. The van der Waals surface area contributed by atoms with Gasteiger partial charge in [0.1, 0.15) is 29.3 Å². The van der Waals surface area contributed by atoms with Crippen LogP contribution in [-0.4, -0.2) is 5.84 Å². The second kappa shape index (κ2) is 11.4. The fourth-order valence-corrected chi connectivity index (χ4v) is 6.78. The first-order chi connectivity index (χ1) is 23.3. The van der Waals surface area contributed by atoms with E-state index in [9.17, 15) is 0 Å².